The average molecular weight is 428 g/mol. The molecule has 1 heterocycles. The lowest BCUT2D eigenvalue weighted by molar-refractivity contribution is 0.0993. The third kappa shape index (κ3) is 3.00. The van der Waals surface area contributed by atoms with Gasteiger partial charge in [0.2, 0.25) is 0 Å². The van der Waals surface area contributed by atoms with E-state index in [4.69, 9.17) is 11.6 Å². The predicted molar refractivity (Wildman–Crippen MR) is 110 cm³/mol. The summed E-state index contributed by atoms with van der Waals surface area (Å²) < 4.78 is 1.06. The molecule has 0 aromatic heterocycles. The summed E-state index contributed by atoms with van der Waals surface area (Å²) in [5, 5.41) is 4.15. The quantitative estimate of drug-likeness (QED) is 0.541. The maximum absolute atomic E-state index is 13.0. The molecule has 26 heavy (non-hydrogen) atoms. The first-order valence-electron chi connectivity index (χ1n) is 8.25. The molecule has 0 radical (unpaired) electrons. The summed E-state index contributed by atoms with van der Waals surface area (Å²) in [5.41, 5.74) is 4.58. The molecule has 1 atom stereocenters. The molecule has 0 bridgehead atoms. The number of hydrogen-bond donors (Lipinski definition) is 1. The second-order valence-corrected chi connectivity index (χ2v) is 7.54. The fraction of sp³-hybridized carbons (Fsp3) is 0.0952. The van der Waals surface area contributed by atoms with Crippen LogP contribution in [-0.2, 0) is 0 Å². The lowest BCUT2D eigenvalue weighted by atomic mass is 10.1. The van der Waals surface area contributed by atoms with Crippen LogP contribution in [0.5, 0.6) is 0 Å². The van der Waals surface area contributed by atoms with Gasteiger partial charge in [0.25, 0.3) is 5.91 Å². The van der Waals surface area contributed by atoms with E-state index < -0.39 is 0 Å². The van der Waals surface area contributed by atoms with Crippen molar-refractivity contribution in [2.45, 2.75) is 13.1 Å². The fourth-order valence-corrected chi connectivity index (χ4v) is 3.59. The van der Waals surface area contributed by atoms with Crippen LogP contribution >= 0.6 is 27.5 Å². The number of halogens is 2. The zero-order valence-corrected chi connectivity index (χ0v) is 16.4. The van der Waals surface area contributed by atoms with Crippen LogP contribution < -0.4 is 10.2 Å². The van der Waals surface area contributed by atoms with Gasteiger partial charge in [-0.25, -0.2) is 0 Å². The summed E-state index contributed by atoms with van der Waals surface area (Å²) in [6.07, 6.45) is -0.277. The van der Waals surface area contributed by atoms with E-state index in [1.165, 1.54) is 0 Å². The van der Waals surface area contributed by atoms with Crippen LogP contribution in [0.2, 0.25) is 5.02 Å². The van der Waals surface area contributed by atoms with Gasteiger partial charge in [0.1, 0.15) is 6.17 Å². The lowest BCUT2D eigenvalue weighted by Crippen LogP contribution is -2.32. The number of rotatable bonds is 3. The van der Waals surface area contributed by atoms with Crippen molar-refractivity contribution < 1.29 is 4.79 Å². The van der Waals surface area contributed by atoms with Gasteiger partial charge in [0, 0.05) is 32.0 Å². The van der Waals surface area contributed by atoms with Crippen molar-refractivity contribution in [3.63, 3.8) is 0 Å². The number of carbonyl (C=O) groups is 1. The van der Waals surface area contributed by atoms with E-state index in [0.29, 0.717) is 10.6 Å². The van der Waals surface area contributed by atoms with E-state index in [1.54, 1.807) is 17.0 Å². The monoisotopic (exact) mass is 426 g/mol. The van der Waals surface area contributed by atoms with Gasteiger partial charge in [-0.1, -0.05) is 45.7 Å². The Balaban J connectivity index is 1.77. The molecule has 1 aliphatic rings. The Kier molecular flexibility index (Phi) is 4.47. The molecule has 0 saturated carbocycles. The molecule has 0 fully saturated rings. The molecule has 3 nitrogen and oxygen atoms in total. The zero-order chi connectivity index (χ0) is 18.3. The SMILES string of the molecule is Cc1cc(N[C@H]2c3ccccc3C(=O)N2c2ccc(Cl)cc2)ccc1Br. The minimum atomic E-state index is -0.277. The summed E-state index contributed by atoms with van der Waals surface area (Å²) in [5.74, 6) is -0.0192. The summed E-state index contributed by atoms with van der Waals surface area (Å²) in [6, 6.07) is 21.1. The molecule has 1 N–H and O–H groups in total. The molecule has 1 amide bonds. The molecule has 0 spiro atoms. The minimum Gasteiger partial charge on any atom is -0.361 e. The molecule has 1 aliphatic heterocycles. The van der Waals surface area contributed by atoms with Crippen LogP contribution in [0.3, 0.4) is 0 Å². The molecule has 0 unspecified atom stereocenters. The normalized spacial score (nSPS) is 15.9. The first-order valence-corrected chi connectivity index (χ1v) is 9.42. The van der Waals surface area contributed by atoms with Crippen LogP contribution in [0.25, 0.3) is 0 Å². The van der Waals surface area contributed by atoms with Crippen LogP contribution in [0.4, 0.5) is 11.4 Å². The summed E-state index contributed by atoms with van der Waals surface area (Å²) in [7, 11) is 0. The average Bonchev–Trinajstić information content (AvgIpc) is 2.92. The maximum Gasteiger partial charge on any atom is 0.260 e. The zero-order valence-electron chi connectivity index (χ0n) is 14.0. The number of amides is 1. The number of fused-ring (bicyclic) bond motifs is 1. The summed E-state index contributed by atoms with van der Waals surface area (Å²) in [6.45, 7) is 2.04. The summed E-state index contributed by atoms with van der Waals surface area (Å²) >= 11 is 9.55. The molecule has 0 saturated heterocycles. The Bertz CT molecular complexity index is 988. The van der Waals surface area contributed by atoms with Gasteiger partial charge in [-0.05, 0) is 61.0 Å². The van der Waals surface area contributed by atoms with Crippen molar-refractivity contribution in [1.82, 2.24) is 0 Å². The van der Waals surface area contributed by atoms with Gasteiger partial charge in [0.15, 0.2) is 0 Å². The second-order valence-electron chi connectivity index (χ2n) is 6.25. The topological polar surface area (TPSA) is 32.3 Å². The highest BCUT2D eigenvalue weighted by Gasteiger charge is 2.37. The Hall–Kier alpha value is -2.30. The number of hydrogen-bond acceptors (Lipinski definition) is 2. The Morgan fingerprint density at radius 3 is 2.50 bits per heavy atom. The largest absolute Gasteiger partial charge is 0.361 e. The van der Waals surface area contributed by atoms with E-state index >= 15 is 0 Å². The second kappa shape index (κ2) is 6.78. The van der Waals surface area contributed by atoms with Crippen LogP contribution in [0.15, 0.2) is 71.2 Å². The van der Waals surface area contributed by atoms with Gasteiger partial charge in [0.05, 0.1) is 0 Å². The van der Waals surface area contributed by atoms with Crippen molar-refractivity contribution in [1.29, 1.82) is 0 Å². The van der Waals surface area contributed by atoms with Crippen molar-refractivity contribution in [2.75, 3.05) is 10.2 Å². The molecule has 130 valence electrons. The Morgan fingerprint density at radius 1 is 1.04 bits per heavy atom. The molecule has 3 aromatic rings. The van der Waals surface area contributed by atoms with E-state index in [0.717, 1.165) is 27.0 Å². The highest BCUT2D eigenvalue weighted by Crippen LogP contribution is 2.38. The van der Waals surface area contributed by atoms with Crippen molar-refractivity contribution in [3.8, 4) is 0 Å². The highest BCUT2D eigenvalue weighted by atomic mass is 79.9. The van der Waals surface area contributed by atoms with Gasteiger partial charge >= 0.3 is 0 Å². The summed E-state index contributed by atoms with van der Waals surface area (Å²) in [4.78, 5) is 14.8. The lowest BCUT2D eigenvalue weighted by Gasteiger charge is -2.27. The minimum absolute atomic E-state index is 0.0192. The maximum atomic E-state index is 13.0. The molecule has 4 rings (SSSR count). The van der Waals surface area contributed by atoms with Gasteiger partial charge in [-0.3, -0.25) is 9.69 Å². The van der Waals surface area contributed by atoms with Crippen LogP contribution in [0.1, 0.15) is 27.7 Å². The molecular formula is C21H16BrClN2O. The van der Waals surface area contributed by atoms with Crippen molar-refractivity contribution in [3.05, 3.63) is 92.9 Å². The van der Waals surface area contributed by atoms with E-state index in [2.05, 4.69) is 27.3 Å². The Morgan fingerprint density at radius 2 is 1.77 bits per heavy atom. The predicted octanol–water partition coefficient (Wildman–Crippen LogP) is 6.18. The van der Waals surface area contributed by atoms with E-state index in [1.807, 2.05) is 55.5 Å². The van der Waals surface area contributed by atoms with Crippen molar-refractivity contribution >= 4 is 44.8 Å². The number of nitrogens with zero attached hydrogens (tertiary/aromatic N) is 1. The first-order chi connectivity index (χ1) is 12.5. The van der Waals surface area contributed by atoms with Crippen molar-refractivity contribution in [2.24, 2.45) is 0 Å². The van der Waals surface area contributed by atoms with Gasteiger partial charge < -0.3 is 5.32 Å². The highest BCUT2D eigenvalue weighted by molar-refractivity contribution is 9.10. The number of carbonyl (C=O) groups excluding carboxylic acids is 1. The van der Waals surface area contributed by atoms with Gasteiger partial charge in [-0.2, -0.15) is 0 Å². The smallest absolute Gasteiger partial charge is 0.260 e. The Labute approximate surface area is 165 Å². The van der Waals surface area contributed by atoms with E-state index in [9.17, 15) is 4.79 Å². The first kappa shape index (κ1) is 17.1. The van der Waals surface area contributed by atoms with E-state index in [-0.39, 0.29) is 12.1 Å². The molecule has 0 aliphatic carbocycles. The molecular weight excluding hydrogens is 412 g/mol. The number of aryl methyl sites for hydroxylation is 1. The third-order valence-electron chi connectivity index (χ3n) is 4.53. The number of anilines is 2. The number of benzene rings is 3. The molecule has 5 heteroatoms. The third-order valence-corrected chi connectivity index (χ3v) is 5.67. The van der Waals surface area contributed by atoms with Crippen LogP contribution in [0, 0.1) is 6.92 Å². The fourth-order valence-electron chi connectivity index (χ4n) is 3.22. The number of nitrogens with one attached hydrogen (secondary N) is 1. The standard InChI is InChI=1S/C21H16BrClN2O/c1-13-12-15(8-11-19(13)22)24-20-17-4-2-3-5-18(17)21(26)25(20)16-9-6-14(23)7-10-16/h2-12,20,24H,1H3/t20-/m1/s1. The van der Waals surface area contributed by atoms with Gasteiger partial charge in [-0.15, -0.1) is 0 Å². The molecule has 3 aromatic carbocycles. The van der Waals surface area contributed by atoms with Crippen LogP contribution in [-0.4, -0.2) is 5.91 Å².